The fourth-order valence-corrected chi connectivity index (χ4v) is 3.48. The Hall–Kier alpha value is -5.10. The lowest BCUT2D eigenvalue weighted by atomic mass is 10.2. The van der Waals surface area contributed by atoms with Crippen molar-refractivity contribution in [1.82, 2.24) is 0 Å². The average Bonchev–Trinajstić information content (AvgIpc) is 2.90. The number of para-hydroxylation sites is 10. The third kappa shape index (κ3) is 5.18. The van der Waals surface area contributed by atoms with Gasteiger partial charge in [-0.2, -0.15) is 0 Å². The van der Waals surface area contributed by atoms with Crippen LogP contribution in [0.15, 0.2) is 121 Å². The molecule has 0 aliphatic carbocycles. The Morgan fingerprint density at radius 2 is 0.472 bits per heavy atom. The van der Waals surface area contributed by atoms with Crippen molar-refractivity contribution in [2.45, 2.75) is 0 Å². The molecular weight excluding hydrogens is 452 g/mol. The molecule has 0 heterocycles. The molecule has 4 N–H and O–H groups in total. The first-order chi connectivity index (χ1) is 17.7. The number of ether oxygens (including phenoxy) is 4. The van der Waals surface area contributed by atoms with Crippen molar-refractivity contribution in [1.29, 1.82) is 0 Å². The predicted molar refractivity (Wildman–Crippen MR) is 141 cm³/mol. The molecule has 36 heavy (non-hydrogen) atoms. The number of rotatable bonds is 8. The van der Waals surface area contributed by atoms with Gasteiger partial charge in [0.2, 0.25) is 0 Å². The zero-order chi connectivity index (χ0) is 24.7. The van der Waals surface area contributed by atoms with Crippen LogP contribution in [0.4, 0.5) is 11.4 Å². The predicted octanol–water partition coefficient (Wildman–Crippen LogP) is 8.02. The van der Waals surface area contributed by atoms with Gasteiger partial charge >= 0.3 is 0 Å². The highest BCUT2D eigenvalue weighted by atomic mass is 16.6. The first-order valence-electron chi connectivity index (χ1n) is 11.3. The van der Waals surface area contributed by atoms with Gasteiger partial charge in [0.1, 0.15) is 0 Å². The Kier molecular flexibility index (Phi) is 6.58. The molecule has 0 saturated carbocycles. The number of benzene rings is 5. The maximum absolute atomic E-state index is 6.25. The third-order valence-corrected chi connectivity index (χ3v) is 5.27. The summed E-state index contributed by atoms with van der Waals surface area (Å²) in [7, 11) is 0. The van der Waals surface area contributed by atoms with Crippen LogP contribution in [0.25, 0.3) is 0 Å². The molecule has 0 bridgehead atoms. The minimum atomic E-state index is 0.503. The fourth-order valence-electron chi connectivity index (χ4n) is 3.48. The first kappa shape index (κ1) is 22.7. The van der Waals surface area contributed by atoms with E-state index in [0.29, 0.717) is 57.4 Å². The van der Waals surface area contributed by atoms with E-state index >= 15 is 0 Å². The monoisotopic (exact) mass is 476 g/mol. The van der Waals surface area contributed by atoms with E-state index in [1.807, 2.05) is 97.1 Å². The number of anilines is 2. The van der Waals surface area contributed by atoms with Gasteiger partial charge in [-0.05, 0) is 60.7 Å². The lowest BCUT2D eigenvalue weighted by Crippen LogP contribution is -1.96. The van der Waals surface area contributed by atoms with Crippen molar-refractivity contribution < 1.29 is 18.9 Å². The summed E-state index contributed by atoms with van der Waals surface area (Å²) < 4.78 is 24.6. The van der Waals surface area contributed by atoms with Crippen LogP contribution >= 0.6 is 0 Å². The molecule has 6 heteroatoms. The molecular formula is C30H24N2O4. The number of nitrogens with two attached hydrogens (primary N) is 2. The zero-order valence-electron chi connectivity index (χ0n) is 19.3. The van der Waals surface area contributed by atoms with Crippen molar-refractivity contribution >= 4 is 11.4 Å². The number of hydrogen-bond acceptors (Lipinski definition) is 6. The van der Waals surface area contributed by atoms with Gasteiger partial charge in [-0.1, -0.05) is 60.7 Å². The van der Waals surface area contributed by atoms with Crippen LogP contribution < -0.4 is 30.4 Å². The van der Waals surface area contributed by atoms with E-state index in [-0.39, 0.29) is 0 Å². The third-order valence-electron chi connectivity index (χ3n) is 5.27. The van der Waals surface area contributed by atoms with E-state index in [2.05, 4.69) is 0 Å². The van der Waals surface area contributed by atoms with E-state index < -0.39 is 0 Å². The van der Waals surface area contributed by atoms with E-state index in [1.54, 1.807) is 24.3 Å². The van der Waals surface area contributed by atoms with Crippen LogP contribution in [0.1, 0.15) is 0 Å². The molecule has 0 radical (unpaired) electrons. The zero-order valence-corrected chi connectivity index (χ0v) is 19.3. The Morgan fingerprint density at radius 3 is 0.722 bits per heavy atom. The molecule has 0 atom stereocenters. The molecule has 5 aromatic rings. The van der Waals surface area contributed by atoms with E-state index in [1.165, 1.54) is 0 Å². The van der Waals surface area contributed by atoms with Gasteiger partial charge < -0.3 is 30.4 Å². The highest BCUT2D eigenvalue weighted by Gasteiger charge is 2.15. The van der Waals surface area contributed by atoms with Gasteiger partial charge in [-0.25, -0.2) is 0 Å². The molecule has 6 nitrogen and oxygen atoms in total. The SMILES string of the molecule is Nc1ccccc1Oc1ccccc1Oc1ccccc1Oc1ccccc1Oc1ccccc1N. The molecule has 0 aliphatic rings. The smallest absolute Gasteiger partial charge is 0.170 e. The van der Waals surface area contributed by atoms with Gasteiger partial charge in [0.15, 0.2) is 46.0 Å². The molecule has 0 spiro atoms. The van der Waals surface area contributed by atoms with Crippen LogP contribution in [0.3, 0.4) is 0 Å². The standard InChI is InChI=1S/C30H24N2O4/c31-21-11-1-3-13-23(21)33-25-15-5-7-17-27(25)35-29-19-9-10-20-30(29)36-28-18-8-6-16-26(28)34-24-14-4-2-12-22(24)32/h1-20H,31-32H2. The van der Waals surface area contributed by atoms with Crippen LogP contribution in [0, 0.1) is 0 Å². The molecule has 178 valence electrons. The minimum Gasteiger partial charge on any atom is -0.451 e. The van der Waals surface area contributed by atoms with E-state index in [0.717, 1.165) is 0 Å². The largest absolute Gasteiger partial charge is 0.451 e. The van der Waals surface area contributed by atoms with Gasteiger partial charge in [0.05, 0.1) is 11.4 Å². The summed E-state index contributed by atoms with van der Waals surface area (Å²) in [6.45, 7) is 0. The highest BCUT2D eigenvalue weighted by molar-refractivity contribution is 5.57. The second kappa shape index (κ2) is 10.4. The summed E-state index contributed by atoms with van der Waals surface area (Å²) in [5.74, 6) is 4.17. The topological polar surface area (TPSA) is 89.0 Å². The molecule has 0 aliphatic heterocycles. The van der Waals surface area contributed by atoms with Crippen LogP contribution in [0.5, 0.6) is 46.0 Å². The Morgan fingerprint density at radius 1 is 0.278 bits per heavy atom. The minimum absolute atomic E-state index is 0.503. The van der Waals surface area contributed by atoms with Crippen molar-refractivity contribution in [3.05, 3.63) is 121 Å². The molecule has 0 unspecified atom stereocenters. The van der Waals surface area contributed by atoms with E-state index in [4.69, 9.17) is 30.4 Å². The van der Waals surface area contributed by atoms with Gasteiger partial charge in [0, 0.05) is 0 Å². The lowest BCUT2D eigenvalue weighted by molar-refractivity contribution is 0.382. The van der Waals surface area contributed by atoms with Crippen molar-refractivity contribution in [3.63, 3.8) is 0 Å². The molecule has 5 rings (SSSR count). The molecule has 0 aromatic heterocycles. The first-order valence-corrected chi connectivity index (χ1v) is 11.3. The summed E-state index contributed by atoms with van der Waals surface area (Å²) in [5.41, 5.74) is 13.2. The normalized spacial score (nSPS) is 10.4. The van der Waals surface area contributed by atoms with Crippen LogP contribution in [-0.2, 0) is 0 Å². The van der Waals surface area contributed by atoms with Gasteiger partial charge in [0.25, 0.3) is 0 Å². The molecule has 5 aromatic carbocycles. The summed E-state index contributed by atoms with van der Waals surface area (Å²) in [4.78, 5) is 0. The molecule has 0 saturated heterocycles. The quantitative estimate of drug-likeness (QED) is 0.220. The second-order valence-corrected chi connectivity index (χ2v) is 7.82. The summed E-state index contributed by atoms with van der Waals surface area (Å²) in [6, 6.07) is 36.7. The van der Waals surface area contributed by atoms with Gasteiger partial charge in [-0.15, -0.1) is 0 Å². The summed E-state index contributed by atoms with van der Waals surface area (Å²) in [6.07, 6.45) is 0. The second-order valence-electron chi connectivity index (χ2n) is 7.82. The Bertz CT molecular complexity index is 1370. The summed E-state index contributed by atoms with van der Waals surface area (Å²) >= 11 is 0. The summed E-state index contributed by atoms with van der Waals surface area (Å²) in [5, 5.41) is 0. The molecule has 0 fully saturated rings. The fraction of sp³-hybridized carbons (Fsp3) is 0. The maximum atomic E-state index is 6.25. The lowest BCUT2D eigenvalue weighted by Gasteiger charge is -2.17. The van der Waals surface area contributed by atoms with Gasteiger partial charge in [-0.3, -0.25) is 0 Å². The highest BCUT2D eigenvalue weighted by Crippen LogP contribution is 2.42. The Labute approximate surface area is 209 Å². The van der Waals surface area contributed by atoms with Crippen LogP contribution in [0.2, 0.25) is 0 Å². The van der Waals surface area contributed by atoms with Crippen molar-refractivity contribution in [2.24, 2.45) is 0 Å². The van der Waals surface area contributed by atoms with Crippen LogP contribution in [-0.4, -0.2) is 0 Å². The molecule has 0 amide bonds. The average molecular weight is 477 g/mol. The van der Waals surface area contributed by atoms with E-state index in [9.17, 15) is 0 Å². The van der Waals surface area contributed by atoms with Crippen molar-refractivity contribution in [2.75, 3.05) is 11.5 Å². The Balaban J connectivity index is 1.41. The number of nitrogen functional groups attached to an aromatic ring is 2. The maximum Gasteiger partial charge on any atom is 0.170 e. The number of hydrogen-bond donors (Lipinski definition) is 2. The van der Waals surface area contributed by atoms with Crippen molar-refractivity contribution in [3.8, 4) is 46.0 Å².